The highest BCUT2D eigenvalue weighted by Crippen LogP contribution is 2.13. The number of hydrogen-bond acceptors (Lipinski definition) is 2. The third-order valence-electron chi connectivity index (χ3n) is 1.98. The molecule has 0 unspecified atom stereocenters. The van der Waals surface area contributed by atoms with Gasteiger partial charge in [-0.3, -0.25) is 0 Å². The molecule has 1 aromatic heterocycles. The summed E-state index contributed by atoms with van der Waals surface area (Å²) in [7, 11) is 0. The average Bonchev–Trinajstić information content (AvgIpc) is 2.68. The van der Waals surface area contributed by atoms with E-state index >= 15 is 0 Å². The first-order valence-corrected chi connectivity index (χ1v) is 5.85. The summed E-state index contributed by atoms with van der Waals surface area (Å²) in [6, 6.07) is 7.89. The van der Waals surface area contributed by atoms with Crippen LogP contribution in [0.5, 0.6) is 0 Å². The molecule has 2 rings (SSSR count). The number of aromatic nitrogens is 3. The Morgan fingerprint density at radius 1 is 1.27 bits per heavy atom. The lowest BCUT2D eigenvalue weighted by molar-refractivity contribution is 0.798. The van der Waals surface area contributed by atoms with Crippen molar-refractivity contribution in [3.05, 3.63) is 40.6 Å². The molecule has 0 N–H and O–H groups in total. The van der Waals surface area contributed by atoms with Crippen molar-refractivity contribution >= 4 is 27.5 Å². The molecule has 0 aliphatic carbocycles. The predicted molar refractivity (Wildman–Crippen MR) is 63.5 cm³/mol. The van der Waals surface area contributed by atoms with Gasteiger partial charge < -0.3 is 0 Å². The topological polar surface area (TPSA) is 30.7 Å². The fraction of sp³-hybridized carbons (Fsp3) is 0.200. The van der Waals surface area contributed by atoms with E-state index in [0.29, 0.717) is 5.88 Å². The van der Waals surface area contributed by atoms with Crippen molar-refractivity contribution in [3.63, 3.8) is 0 Å². The smallest absolute Gasteiger partial charge is 0.0843 e. The molecule has 5 heteroatoms. The van der Waals surface area contributed by atoms with Gasteiger partial charge in [-0.2, -0.15) is 0 Å². The van der Waals surface area contributed by atoms with Crippen molar-refractivity contribution < 1.29 is 0 Å². The molecule has 0 atom stereocenters. The van der Waals surface area contributed by atoms with Gasteiger partial charge in [-0.05, 0) is 24.3 Å². The summed E-state index contributed by atoms with van der Waals surface area (Å²) in [5.41, 5.74) is 1.90. The Labute approximate surface area is 101 Å². The van der Waals surface area contributed by atoms with E-state index < -0.39 is 0 Å². The van der Waals surface area contributed by atoms with Gasteiger partial charge in [-0.25, -0.2) is 4.68 Å². The van der Waals surface area contributed by atoms with Crippen LogP contribution in [0.2, 0.25) is 0 Å². The van der Waals surface area contributed by atoms with Gasteiger partial charge in [-0.15, -0.1) is 16.7 Å². The van der Waals surface area contributed by atoms with Gasteiger partial charge in [0.25, 0.3) is 0 Å². The van der Waals surface area contributed by atoms with Crippen LogP contribution in [0.15, 0.2) is 34.9 Å². The fourth-order valence-electron chi connectivity index (χ4n) is 1.23. The van der Waals surface area contributed by atoms with Crippen LogP contribution in [0.3, 0.4) is 0 Å². The van der Waals surface area contributed by atoms with E-state index in [4.69, 9.17) is 11.6 Å². The highest BCUT2D eigenvalue weighted by atomic mass is 79.9. The minimum Gasteiger partial charge on any atom is -0.220 e. The summed E-state index contributed by atoms with van der Waals surface area (Å²) in [6.07, 6.45) is 2.64. The first-order valence-electron chi connectivity index (χ1n) is 4.53. The summed E-state index contributed by atoms with van der Waals surface area (Å²) in [5, 5.41) is 8.05. The van der Waals surface area contributed by atoms with Gasteiger partial charge in [0.2, 0.25) is 0 Å². The number of nitrogens with zero attached hydrogens (tertiary/aromatic N) is 3. The lowest BCUT2D eigenvalue weighted by Gasteiger charge is -1.98. The summed E-state index contributed by atoms with van der Waals surface area (Å²) >= 11 is 9.01. The summed E-state index contributed by atoms with van der Waals surface area (Å²) in [6.45, 7) is 0. The van der Waals surface area contributed by atoms with Gasteiger partial charge in [0.15, 0.2) is 0 Å². The van der Waals surface area contributed by atoms with E-state index in [0.717, 1.165) is 22.3 Å². The van der Waals surface area contributed by atoms with Gasteiger partial charge in [-0.1, -0.05) is 21.1 Å². The molecule has 0 spiro atoms. The number of hydrogen-bond donors (Lipinski definition) is 0. The van der Waals surface area contributed by atoms with E-state index in [9.17, 15) is 0 Å². The van der Waals surface area contributed by atoms with E-state index in [1.165, 1.54) is 0 Å². The van der Waals surface area contributed by atoms with E-state index in [1.807, 2.05) is 30.5 Å². The molecule has 78 valence electrons. The van der Waals surface area contributed by atoms with Crippen molar-refractivity contribution in [2.24, 2.45) is 0 Å². The zero-order valence-electron chi connectivity index (χ0n) is 7.90. The minimum atomic E-state index is 0.568. The molecule has 1 aromatic carbocycles. The molecule has 0 aliphatic heterocycles. The lowest BCUT2D eigenvalue weighted by Crippen LogP contribution is -1.93. The van der Waals surface area contributed by atoms with Gasteiger partial charge >= 0.3 is 0 Å². The van der Waals surface area contributed by atoms with Crippen LogP contribution < -0.4 is 0 Å². The SMILES string of the molecule is ClCCc1cn(-c2ccc(Br)cc2)nn1. The average molecular weight is 287 g/mol. The summed E-state index contributed by atoms with van der Waals surface area (Å²) in [4.78, 5) is 0. The third-order valence-corrected chi connectivity index (χ3v) is 2.70. The van der Waals surface area contributed by atoms with Crippen LogP contribution in [0.4, 0.5) is 0 Å². The van der Waals surface area contributed by atoms with Crippen LogP contribution in [-0.4, -0.2) is 20.9 Å². The van der Waals surface area contributed by atoms with Crippen LogP contribution in [0, 0.1) is 0 Å². The van der Waals surface area contributed by atoms with Crippen molar-refractivity contribution in [1.29, 1.82) is 0 Å². The lowest BCUT2D eigenvalue weighted by atomic mass is 10.3. The Balaban J connectivity index is 2.25. The molecule has 0 bridgehead atoms. The Morgan fingerprint density at radius 3 is 2.67 bits per heavy atom. The van der Waals surface area contributed by atoms with Gasteiger partial charge in [0.1, 0.15) is 0 Å². The molecule has 0 saturated carbocycles. The molecule has 1 heterocycles. The van der Waals surface area contributed by atoms with Crippen LogP contribution in [-0.2, 0) is 6.42 Å². The standard InChI is InChI=1S/C10H9BrClN3/c11-8-1-3-10(4-2-8)15-7-9(5-6-12)13-14-15/h1-4,7H,5-6H2. The highest BCUT2D eigenvalue weighted by Gasteiger charge is 2.01. The Hall–Kier alpha value is -0.870. The van der Waals surface area contributed by atoms with Crippen LogP contribution in [0.1, 0.15) is 5.69 Å². The van der Waals surface area contributed by atoms with Crippen molar-refractivity contribution in [1.82, 2.24) is 15.0 Å². The van der Waals surface area contributed by atoms with Crippen LogP contribution >= 0.6 is 27.5 Å². The quantitative estimate of drug-likeness (QED) is 0.812. The van der Waals surface area contributed by atoms with Crippen LogP contribution in [0.25, 0.3) is 5.69 Å². The van der Waals surface area contributed by atoms with Crippen molar-refractivity contribution in [2.45, 2.75) is 6.42 Å². The summed E-state index contributed by atoms with van der Waals surface area (Å²) in [5.74, 6) is 0.568. The second-order valence-corrected chi connectivity index (χ2v) is 4.36. The molecule has 15 heavy (non-hydrogen) atoms. The second-order valence-electron chi connectivity index (χ2n) is 3.07. The maximum atomic E-state index is 5.63. The molecule has 2 aromatic rings. The third kappa shape index (κ3) is 2.58. The van der Waals surface area contributed by atoms with Gasteiger partial charge in [0.05, 0.1) is 17.6 Å². The zero-order chi connectivity index (χ0) is 10.7. The number of alkyl halides is 1. The molecule has 0 aliphatic rings. The molecule has 0 fully saturated rings. The Kier molecular flexibility index (Phi) is 3.38. The second kappa shape index (κ2) is 4.77. The molecular weight excluding hydrogens is 277 g/mol. The number of benzene rings is 1. The van der Waals surface area contributed by atoms with E-state index in [1.54, 1.807) is 4.68 Å². The Bertz CT molecular complexity index is 438. The monoisotopic (exact) mass is 285 g/mol. The van der Waals surface area contributed by atoms with Crippen molar-refractivity contribution in [3.8, 4) is 5.69 Å². The first kappa shape index (κ1) is 10.6. The minimum absolute atomic E-state index is 0.568. The predicted octanol–water partition coefficient (Wildman–Crippen LogP) is 2.81. The number of aryl methyl sites for hydroxylation is 1. The van der Waals surface area contributed by atoms with E-state index in [-0.39, 0.29) is 0 Å². The fourth-order valence-corrected chi connectivity index (χ4v) is 1.69. The summed E-state index contributed by atoms with van der Waals surface area (Å²) < 4.78 is 2.79. The highest BCUT2D eigenvalue weighted by molar-refractivity contribution is 9.10. The van der Waals surface area contributed by atoms with Crippen molar-refractivity contribution in [2.75, 3.05) is 5.88 Å². The maximum Gasteiger partial charge on any atom is 0.0843 e. The first-order chi connectivity index (χ1) is 7.29. The largest absolute Gasteiger partial charge is 0.220 e. The number of halogens is 2. The molecule has 0 amide bonds. The Morgan fingerprint density at radius 2 is 2.00 bits per heavy atom. The zero-order valence-corrected chi connectivity index (χ0v) is 10.2. The maximum absolute atomic E-state index is 5.63. The van der Waals surface area contributed by atoms with E-state index in [2.05, 4.69) is 26.2 Å². The molecule has 3 nitrogen and oxygen atoms in total. The molecular formula is C10H9BrClN3. The molecule has 0 radical (unpaired) electrons. The molecule has 0 saturated heterocycles. The number of rotatable bonds is 3. The van der Waals surface area contributed by atoms with Gasteiger partial charge in [0, 0.05) is 16.8 Å². The normalized spacial score (nSPS) is 10.5.